The summed E-state index contributed by atoms with van der Waals surface area (Å²) in [4.78, 5) is 13.0. The summed E-state index contributed by atoms with van der Waals surface area (Å²) in [5.74, 6) is 3.01. The molecule has 0 aromatic rings. The van der Waals surface area contributed by atoms with Crippen LogP contribution in [0.25, 0.3) is 0 Å². The molecule has 0 bridgehead atoms. The maximum absolute atomic E-state index is 11.1. The first-order valence-electron chi connectivity index (χ1n) is 14.4. The van der Waals surface area contributed by atoms with E-state index < -0.39 is 0 Å². The van der Waals surface area contributed by atoms with E-state index in [1.165, 1.54) is 77.0 Å². The summed E-state index contributed by atoms with van der Waals surface area (Å²) in [7, 11) is 0. The third kappa shape index (κ3) is 12.1. The first-order chi connectivity index (χ1) is 15.1. The first-order valence-corrected chi connectivity index (χ1v) is 14.4. The highest BCUT2D eigenvalue weighted by Gasteiger charge is 2.29. The second kappa shape index (κ2) is 13.5. The van der Waals surface area contributed by atoms with Crippen molar-refractivity contribution in [1.82, 2.24) is 4.90 Å². The predicted octanol–water partition coefficient (Wildman–Crippen LogP) is 9.52. The third-order valence-electron chi connectivity index (χ3n) is 8.82. The van der Waals surface area contributed by atoms with Gasteiger partial charge in [-0.15, -0.1) is 0 Å². The lowest BCUT2D eigenvalue weighted by molar-refractivity contribution is -0.130. The molecule has 1 heterocycles. The number of piperidine rings is 1. The summed E-state index contributed by atoms with van der Waals surface area (Å²) >= 11 is 0. The second-order valence-corrected chi connectivity index (χ2v) is 14.5. The van der Waals surface area contributed by atoms with Crippen LogP contribution in [0.4, 0.5) is 0 Å². The second-order valence-electron chi connectivity index (χ2n) is 14.5. The van der Waals surface area contributed by atoms with Crippen molar-refractivity contribution in [1.29, 1.82) is 0 Å². The highest BCUT2D eigenvalue weighted by Crippen LogP contribution is 2.38. The minimum Gasteiger partial charge on any atom is -0.343 e. The van der Waals surface area contributed by atoms with Gasteiger partial charge in [0.25, 0.3) is 0 Å². The maximum Gasteiger partial charge on any atom is 0.219 e. The van der Waals surface area contributed by atoms with Crippen molar-refractivity contribution in [2.45, 2.75) is 146 Å². The molecule has 0 unspecified atom stereocenters. The monoisotopic (exact) mass is 463 g/mol. The van der Waals surface area contributed by atoms with Gasteiger partial charge in [0.05, 0.1) is 0 Å². The smallest absolute Gasteiger partial charge is 0.219 e. The number of rotatable bonds is 0. The molecule has 2 aliphatic carbocycles. The highest BCUT2D eigenvalue weighted by atomic mass is 16.2. The van der Waals surface area contributed by atoms with Crippen LogP contribution in [0.2, 0.25) is 0 Å². The predicted molar refractivity (Wildman–Crippen MR) is 146 cm³/mol. The van der Waals surface area contributed by atoms with E-state index in [2.05, 4.69) is 62.3 Å². The molecule has 1 saturated heterocycles. The van der Waals surface area contributed by atoms with Crippen molar-refractivity contribution in [3.63, 3.8) is 0 Å². The Morgan fingerprint density at radius 2 is 0.788 bits per heavy atom. The SMILES string of the molecule is CC(=O)N1CCC(C(C)(C)C)CC1.CC(C)(C)C1CCCCC1.CC(C)(C)C1CCCCC1. The standard InChI is InChI=1S/C11H21NO.2C10H20/c1-9(13)12-7-5-10(6-8-12)11(2,3)4;2*1-10(2,3)9-7-5-4-6-8-9/h10H,5-8H2,1-4H3;2*9H,4-8H2,1-3H3. The Morgan fingerprint density at radius 1 is 0.515 bits per heavy atom. The Morgan fingerprint density at radius 3 is 1.00 bits per heavy atom. The first kappa shape index (κ1) is 30.5. The van der Waals surface area contributed by atoms with E-state index in [4.69, 9.17) is 0 Å². The lowest BCUT2D eigenvalue weighted by atomic mass is 9.72. The molecule has 3 aliphatic rings. The minimum absolute atomic E-state index is 0.229. The Bertz CT molecular complexity index is 497. The fraction of sp³-hybridized carbons (Fsp3) is 0.968. The molecule has 1 aliphatic heterocycles. The van der Waals surface area contributed by atoms with Gasteiger partial charge in [-0.25, -0.2) is 0 Å². The average molecular weight is 464 g/mol. The van der Waals surface area contributed by atoms with Crippen molar-refractivity contribution < 1.29 is 4.79 Å². The van der Waals surface area contributed by atoms with E-state index in [1.807, 2.05) is 4.90 Å². The molecule has 0 atom stereocenters. The maximum atomic E-state index is 11.1. The van der Waals surface area contributed by atoms with E-state index in [1.54, 1.807) is 6.92 Å². The quantitative estimate of drug-likeness (QED) is 0.350. The number of amides is 1. The van der Waals surface area contributed by atoms with Gasteiger partial charge >= 0.3 is 0 Å². The molecule has 0 spiro atoms. The van der Waals surface area contributed by atoms with Crippen LogP contribution in [-0.2, 0) is 4.79 Å². The van der Waals surface area contributed by atoms with Gasteiger partial charge in [0.2, 0.25) is 5.91 Å². The molecule has 0 aromatic carbocycles. The molecule has 3 rings (SSSR count). The molecule has 0 N–H and O–H groups in total. The van der Waals surface area contributed by atoms with Crippen LogP contribution in [-0.4, -0.2) is 23.9 Å². The molecule has 2 saturated carbocycles. The Hall–Kier alpha value is -0.530. The lowest BCUT2D eigenvalue weighted by Crippen LogP contribution is -2.40. The largest absolute Gasteiger partial charge is 0.343 e. The summed E-state index contributed by atoms with van der Waals surface area (Å²) in [5, 5.41) is 0. The van der Waals surface area contributed by atoms with Gasteiger partial charge in [0.15, 0.2) is 0 Å². The van der Waals surface area contributed by atoms with Crippen molar-refractivity contribution >= 4 is 5.91 Å². The zero-order chi connectivity index (χ0) is 25.3. The number of nitrogens with zero attached hydrogens (tertiary/aromatic N) is 1. The van der Waals surface area contributed by atoms with Crippen molar-refractivity contribution in [3.8, 4) is 0 Å². The summed E-state index contributed by atoms with van der Waals surface area (Å²) in [6, 6.07) is 0. The number of likely N-dealkylation sites (tertiary alicyclic amines) is 1. The Labute approximate surface area is 209 Å². The molecule has 2 heteroatoms. The van der Waals surface area contributed by atoms with Gasteiger partial charge in [0.1, 0.15) is 0 Å². The lowest BCUT2D eigenvalue weighted by Gasteiger charge is -2.38. The summed E-state index contributed by atoms with van der Waals surface area (Å²) < 4.78 is 0. The van der Waals surface area contributed by atoms with Gasteiger partial charge in [-0.3, -0.25) is 4.79 Å². The molecule has 0 aromatic heterocycles. The fourth-order valence-electron chi connectivity index (χ4n) is 6.00. The third-order valence-corrected chi connectivity index (χ3v) is 8.82. The number of hydrogen-bond donors (Lipinski definition) is 0. The summed E-state index contributed by atoms with van der Waals surface area (Å²) in [6.45, 7) is 24.7. The van der Waals surface area contributed by atoms with E-state index in [9.17, 15) is 4.79 Å². The van der Waals surface area contributed by atoms with Crippen LogP contribution in [0.3, 0.4) is 0 Å². The van der Waals surface area contributed by atoms with E-state index >= 15 is 0 Å². The molecule has 2 nitrogen and oxygen atoms in total. The normalized spacial score (nSPS) is 22.1. The molecule has 1 amide bonds. The number of carbonyl (C=O) groups excluding carboxylic acids is 1. The molecular formula is C31H61NO. The zero-order valence-corrected chi connectivity index (χ0v) is 24.5. The van der Waals surface area contributed by atoms with E-state index in [-0.39, 0.29) is 5.91 Å². The highest BCUT2D eigenvalue weighted by molar-refractivity contribution is 5.73. The number of carbonyl (C=O) groups is 1. The zero-order valence-electron chi connectivity index (χ0n) is 24.5. The van der Waals surface area contributed by atoms with Crippen LogP contribution < -0.4 is 0 Å². The van der Waals surface area contributed by atoms with Crippen LogP contribution in [0.1, 0.15) is 146 Å². The topological polar surface area (TPSA) is 20.3 Å². The van der Waals surface area contributed by atoms with Gasteiger partial charge in [-0.05, 0) is 72.5 Å². The summed E-state index contributed by atoms with van der Waals surface area (Å²) in [6.07, 6.45) is 17.1. The van der Waals surface area contributed by atoms with E-state index in [0.29, 0.717) is 16.2 Å². The van der Waals surface area contributed by atoms with Crippen LogP contribution in [0.5, 0.6) is 0 Å². The van der Waals surface area contributed by atoms with Gasteiger partial charge in [0, 0.05) is 20.0 Å². The van der Waals surface area contributed by atoms with Crippen molar-refractivity contribution in [2.75, 3.05) is 13.1 Å². The average Bonchev–Trinajstić information content (AvgIpc) is 2.74. The van der Waals surface area contributed by atoms with Gasteiger partial charge in [-0.1, -0.05) is 101 Å². The summed E-state index contributed by atoms with van der Waals surface area (Å²) in [5.41, 5.74) is 1.55. The Balaban J connectivity index is 0.000000251. The van der Waals surface area contributed by atoms with E-state index in [0.717, 1.165) is 30.8 Å². The fourth-order valence-corrected chi connectivity index (χ4v) is 6.00. The minimum atomic E-state index is 0.229. The molecular weight excluding hydrogens is 402 g/mol. The van der Waals surface area contributed by atoms with Gasteiger partial charge < -0.3 is 4.90 Å². The number of hydrogen-bond acceptors (Lipinski definition) is 1. The van der Waals surface area contributed by atoms with Crippen LogP contribution in [0, 0.1) is 34.0 Å². The molecule has 33 heavy (non-hydrogen) atoms. The van der Waals surface area contributed by atoms with Crippen molar-refractivity contribution in [3.05, 3.63) is 0 Å². The van der Waals surface area contributed by atoms with Crippen molar-refractivity contribution in [2.24, 2.45) is 34.0 Å². The molecule has 196 valence electrons. The molecule has 3 fully saturated rings. The van der Waals surface area contributed by atoms with Crippen LogP contribution in [0.15, 0.2) is 0 Å². The van der Waals surface area contributed by atoms with Gasteiger partial charge in [-0.2, -0.15) is 0 Å². The molecule has 0 radical (unpaired) electrons. The van der Waals surface area contributed by atoms with Crippen LogP contribution >= 0.6 is 0 Å². The Kier molecular flexibility index (Phi) is 12.5.